The summed E-state index contributed by atoms with van der Waals surface area (Å²) in [7, 11) is 1.49. The number of rotatable bonds is 3. The molecule has 0 aliphatic rings. The number of carboxylic acid groups (broad SMARTS) is 1. The highest BCUT2D eigenvalue weighted by atomic mass is 79.9. The Hall–Kier alpha value is -1.82. The summed E-state index contributed by atoms with van der Waals surface area (Å²) < 4.78 is 10.0. The number of hydrogen-bond donors (Lipinski definition) is 1. The topological polar surface area (TPSA) is 76.7 Å². The van der Waals surface area contributed by atoms with Gasteiger partial charge in [-0.15, -0.1) is 0 Å². The monoisotopic (exact) mass is 312 g/mol. The van der Waals surface area contributed by atoms with Crippen LogP contribution < -0.4 is 10.4 Å². The highest BCUT2D eigenvalue weighted by Gasteiger charge is 2.20. The van der Waals surface area contributed by atoms with Crippen molar-refractivity contribution in [1.82, 2.24) is 0 Å². The zero-order valence-electron chi connectivity index (χ0n) is 9.34. The Morgan fingerprint density at radius 1 is 1.44 bits per heavy atom. The Morgan fingerprint density at radius 2 is 2.17 bits per heavy atom. The number of hydrogen-bond acceptors (Lipinski definition) is 4. The molecule has 0 saturated carbocycles. The molecule has 1 atom stereocenters. The maximum Gasteiger partial charge on any atom is 0.336 e. The van der Waals surface area contributed by atoms with Crippen molar-refractivity contribution in [1.29, 1.82) is 0 Å². The van der Waals surface area contributed by atoms with Gasteiger partial charge in [0, 0.05) is 17.5 Å². The van der Waals surface area contributed by atoms with Crippen molar-refractivity contribution >= 4 is 32.9 Å². The summed E-state index contributed by atoms with van der Waals surface area (Å²) in [5.41, 5.74) is 0.0513. The van der Waals surface area contributed by atoms with Gasteiger partial charge in [-0.3, -0.25) is 4.79 Å². The predicted octanol–water partition coefficient (Wildman–Crippen LogP) is 2.32. The molecule has 94 valence electrons. The molecule has 1 heterocycles. The van der Waals surface area contributed by atoms with E-state index in [4.69, 9.17) is 14.3 Å². The molecule has 0 saturated heterocycles. The summed E-state index contributed by atoms with van der Waals surface area (Å²) in [5.74, 6) is -0.540. The summed E-state index contributed by atoms with van der Waals surface area (Å²) in [4.78, 5) is 21.4. The Balaban J connectivity index is 2.74. The van der Waals surface area contributed by atoms with E-state index in [0.29, 0.717) is 22.3 Å². The molecule has 0 aliphatic carbocycles. The fourth-order valence-corrected chi connectivity index (χ4v) is 2.02. The third-order valence-corrected chi connectivity index (χ3v) is 3.36. The van der Waals surface area contributed by atoms with E-state index in [1.54, 1.807) is 18.2 Å². The van der Waals surface area contributed by atoms with Crippen LogP contribution in [-0.2, 0) is 4.79 Å². The minimum absolute atomic E-state index is 0.294. The second-order valence-corrected chi connectivity index (χ2v) is 4.50. The van der Waals surface area contributed by atoms with Gasteiger partial charge in [-0.1, -0.05) is 15.9 Å². The molecule has 1 unspecified atom stereocenters. The number of alkyl halides is 1. The van der Waals surface area contributed by atoms with Gasteiger partial charge in [-0.25, -0.2) is 4.79 Å². The first-order chi connectivity index (χ1) is 8.52. The fourth-order valence-electron chi connectivity index (χ4n) is 1.64. The molecule has 5 nitrogen and oxygen atoms in total. The van der Waals surface area contributed by atoms with Crippen molar-refractivity contribution < 1.29 is 19.1 Å². The minimum atomic E-state index is -1.07. The van der Waals surface area contributed by atoms with Gasteiger partial charge in [0.1, 0.15) is 16.2 Å². The van der Waals surface area contributed by atoms with Gasteiger partial charge in [0.25, 0.3) is 0 Å². The zero-order chi connectivity index (χ0) is 13.3. The van der Waals surface area contributed by atoms with Crippen molar-refractivity contribution in [2.75, 3.05) is 7.11 Å². The molecule has 0 aliphatic heterocycles. The summed E-state index contributed by atoms with van der Waals surface area (Å²) >= 11 is 3.03. The Morgan fingerprint density at radius 3 is 2.78 bits per heavy atom. The standard InChI is InChI=1S/C12H9BrO5/c1-17-6-2-3-7-8(11(13)12(15)16)5-10(14)18-9(7)4-6/h2-5,11H,1H3,(H,15,16). The van der Waals surface area contributed by atoms with Crippen LogP contribution >= 0.6 is 15.9 Å². The maximum atomic E-state index is 11.4. The highest BCUT2D eigenvalue weighted by Crippen LogP contribution is 2.30. The number of carbonyl (C=O) groups is 1. The highest BCUT2D eigenvalue weighted by molar-refractivity contribution is 9.09. The van der Waals surface area contributed by atoms with Crippen LogP contribution in [0.3, 0.4) is 0 Å². The van der Waals surface area contributed by atoms with Crippen LogP contribution in [0.4, 0.5) is 0 Å². The molecule has 0 bridgehead atoms. The van der Waals surface area contributed by atoms with E-state index in [2.05, 4.69) is 15.9 Å². The molecule has 6 heteroatoms. The molecular formula is C12H9BrO5. The zero-order valence-corrected chi connectivity index (χ0v) is 10.9. The first-order valence-electron chi connectivity index (χ1n) is 5.01. The van der Waals surface area contributed by atoms with Gasteiger partial charge < -0.3 is 14.3 Å². The summed E-state index contributed by atoms with van der Waals surface area (Å²) in [6.07, 6.45) is 0. The van der Waals surface area contributed by atoms with Gasteiger partial charge in [0.15, 0.2) is 0 Å². The molecule has 1 aromatic carbocycles. The second-order valence-electron chi connectivity index (χ2n) is 3.58. The predicted molar refractivity (Wildman–Crippen MR) is 68.3 cm³/mol. The number of fused-ring (bicyclic) bond motifs is 1. The normalized spacial score (nSPS) is 12.3. The maximum absolute atomic E-state index is 11.4. The third kappa shape index (κ3) is 2.24. The number of benzene rings is 1. The van der Waals surface area contributed by atoms with Gasteiger partial charge in [-0.2, -0.15) is 0 Å². The number of methoxy groups -OCH3 is 1. The van der Waals surface area contributed by atoms with Crippen LogP contribution in [0, 0.1) is 0 Å². The van der Waals surface area contributed by atoms with E-state index < -0.39 is 16.4 Å². The second kappa shape index (κ2) is 4.81. The van der Waals surface area contributed by atoms with Gasteiger partial charge in [0.05, 0.1) is 7.11 Å². The average Bonchev–Trinajstić information content (AvgIpc) is 2.35. The lowest BCUT2D eigenvalue weighted by atomic mass is 10.1. The number of carboxylic acids is 1. The molecule has 0 amide bonds. The Labute approximate surface area is 110 Å². The molecule has 1 aromatic heterocycles. The minimum Gasteiger partial charge on any atom is -0.497 e. The SMILES string of the molecule is COc1ccc2c(C(Br)C(=O)O)cc(=O)oc2c1. The molecule has 18 heavy (non-hydrogen) atoms. The lowest BCUT2D eigenvalue weighted by molar-refractivity contribution is -0.136. The van der Waals surface area contributed by atoms with Crippen molar-refractivity contribution in [3.05, 3.63) is 40.2 Å². The van der Waals surface area contributed by atoms with Gasteiger partial charge >= 0.3 is 11.6 Å². The van der Waals surface area contributed by atoms with Crippen LogP contribution in [0.2, 0.25) is 0 Å². The Kier molecular flexibility index (Phi) is 3.38. The largest absolute Gasteiger partial charge is 0.497 e. The molecule has 2 rings (SSSR count). The van der Waals surface area contributed by atoms with E-state index in [1.807, 2.05) is 0 Å². The fraction of sp³-hybridized carbons (Fsp3) is 0.167. The van der Waals surface area contributed by atoms with Crippen molar-refractivity contribution in [2.24, 2.45) is 0 Å². The van der Waals surface area contributed by atoms with E-state index in [1.165, 1.54) is 13.2 Å². The molecule has 0 radical (unpaired) electrons. The van der Waals surface area contributed by atoms with E-state index >= 15 is 0 Å². The van der Waals surface area contributed by atoms with Crippen molar-refractivity contribution in [2.45, 2.75) is 4.83 Å². The average molecular weight is 313 g/mol. The number of halogens is 1. The summed E-state index contributed by atoms with van der Waals surface area (Å²) in [6.45, 7) is 0. The Bertz CT molecular complexity index is 661. The molecule has 0 spiro atoms. The molecule has 2 aromatic rings. The smallest absolute Gasteiger partial charge is 0.336 e. The van der Waals surface area contributed by atoms with E-state index in [9.17, 15) is 9.59 Å². The summed E-state index contributed by atoms with van der Waals surface area (Å²) in [6, 6.07) is 6.04. The molecule has 0 fully saturated rings. The number of ether oxygens (including phenoxy) is 1. The van der Waals surface area contributed by atoms with E-state index in [0.717, 1.165) is 0 Å². The van der Waals surface area contributed by atoms with Crippen LogP contribution in [0.1, 0.15) is 10.4 Å². The number of aliphatic carboxylic acids is 1. The lowest BCUT2D eigenvalue weighted by Crippen LogP contribution is -2.09. The van der Waals surface area contributed by atoms with Crippen molar-refractivity contribution in [3.63, 3.8) is 0 Å². The van der Waals surface area contributed by atoms with Gasteiger partial charge in [0.2, 0.25) is 0 Å². The van der Waals surface area contributed by atoms with Crippen LogP contribution in [0.15, 0.2) is 33.5 Å². The van der Waals surface area contributed by atoms with Crippen molar-refractivity contribution in [3.8, 4) is 5.75 Å². The van der Waals surface area contributed by atoms with Gasteiger partial charge in [-0.05, 0) is 17.7 Å². The van der Waals surface area contributed by atoms with Crippen LogP contribution in [0.5, 0.6) is 5.75 Å². The quantitative estimate of drug-likeness (QED) is 0.695. The van der Waals surface area contributed by atoms with Crippen LogP contribution in [0.25, 0.3) is 11.0 Å². The molecular weight excluding hydrogens is 304 g/mol. The lowest BCUT2D eigenvalue weighted by Gasteiger charge is -2.08. The first kappa shape index (κ1) is 12.6. The summed E-state index contributed by atoms with van der Waals surface area (Å²) in [5, 5.41) is 9.54. The third-order valence-electron chi connectivity index (χ3n) is 2.47. The first-order valence-corrected chi connectivity index (χ1v) is 5.93. The molecule has 1 N–H and O–H groups in total. The van der Waals surface area contributed by atoms with E-state index in [-0.39, 0.29) is 0 Å². The van der Waals surface area contributed by atoms with Crippen LogP contribution in [-0.4, -0.2) is 18.2 Å².